The summed E-state index contributed by atoms with van der Waals surface area (Å²) in [6, 6.07) is 0. The molecule has 0 atom stereocenters. The summed E-state index contributed by atoms with van der Waals surface area (Å²) in [4.78, 5) is 14.9. The molecular weight excluding hydrogens is 198 g/mol. The number of oxazole rings is 1. The van der Waals surface area contributed by atoms with E-state index in [0.29, 0.717) is 31.0 Å². The van der Waals surface area contributed by atoms with E-state index in [0.717, 1.165) is 6.42 Å². The summed E-state index contributed by atoms with van der Waals surface area (Å²) in [6.07, 6.45) is 1.97. The maximum Gasteiger partial charge on any atom is 0.373 e. The molecule has 0 fully saturated rings. The normalized spacial score (nSPS) is 10.5. The first-order chi connectivity index (χ1) is 7.19. The lowest BCUT2D eigenvalue weighted by Crippen LogP contribution is -1.99. The van der Waals surface area contributed by atoms with E-state index in [2.05, 4.69) is 4.98 Å². The van der Waals surface area contributed by atoms with E-state index < -0.39 is 5.97 Å². The number of ether oxygens (including phenoxy) is 1. The smallest absolute Gasteiger partial charge is 0.373 e. The first kappa shape index (κ1) is 11.7. The van der Waals surface area contributed by atoms with Gasteiger partial charge in [0.1, 0.15) is 0 Å². The average Bonchev–Trinajstić information content (AvgIpc) is 2.59. The van der Waals surface area contributed by atoms with Crippen molar-refractivity contribution in [2.24, 2.45) is 0 Å². The van der Waals surface area contributed by atoms with Crippen LogP contribution in [0, 0.1) is 0 Å². The van der Waals surface area contributed by atoms with Crippen LogP contribution in [0.4, 0.5) is 0 Å². The van der Waals surface area contributed by atoms with Gasteiger partial charge in [0.25, 0.3) is 0 Å². The van der Waals surface area contributed by atoms with Crippen molar-refractivity contribution in [3.05, 3.63) is 17.3 Å². The monoisotopic (exact) mass is 213 g/mol. The molecule has 0 aromatic carbocycles. The molecule has 0 saturated heterocycles. The maximum atomic E-state index is 10.8. The van der Waals surface area contributed by atoms with Crippen LogP contribution in [-0.4, -0.2) is 29.8 Å². The van der Waals surface area contributed by atoms with Gasteiger partial charge in [-0.1, -0.05) is 13.3 Å². The van der Waals surface area contributed by atoms with Crippen LogP contribution in [0.15, 0.2) is 4.42 Å². The van der Waals surface area contributed by atoms with Crippen molar-refractivity contribution in [1.29, 1.82) is 0 Å². The Bertz CT molecular complexity index is 332. The highest BCUT2D eigenvalue weighted by Gasteiger charge is 2.18. The number of nitrogens with zero attached hydrogens (tertiary/aromatic N) is 1. The third kappa shape index (κ3) is 3.06. The van der Waals surface area contributed by atoms with E-state index in [4.69, 9.17) is 14.3 Å². The fraction of sp³-hybridized carbons (Fsp3) is 0.600. The van der Waals surface area contributed by atoms with Crippen LogP contribution in [0.3, 0.4) is 0 Å². The molecule has 0 aliphatic rings. The van der Waals surface area contributed by atoms with Crippen LogP contribution in [-0.2, 0) is 17.6 Å². The lowest BCUT2D eigenvalue weighted by molar-refractivity contribution is 0.0657. The van der Waals surface area contributed by atoms with Gasteiger partial charge >= 0.3 is 5.97 Å². The molecule has 1 heterocycles. The van der Waals surface area contributed by atoms with E-state index in [1.165, 1.54) is 0 Å². The minimum absolute atomic E-state index is 0.0389. The molecule has 5 nitrogen and oxygen atoms in total. The molecule has 0 unspecified atom stereocenters. The number of aryl methyl sites for hydroxylation is 1. The molecule has 15 heavy (non-hydrogen) atoms. The van der Waals surface area contributed by atoms with Crippen molar-refractivity contribution < 1.29 is 19.1 Å². The number of carboxylic acid groups (broad SMARTS) is 1. The lowest BCUT2D eigenvalue weighted by Gasteiger charge is -1.91. The molecule has 0 aliphatic carbocycles. The van der Waals surface area contributed by atoms with Crippen molar-refractivity contribution in [2.75, 3.05) is 13.7 Å². The summed E-state index contributed by atoms with van der Waals surface area (Å²) in [7, 11) is 1.58. The van der Waals surface area contributed by atoms with Gasteiger partial charge in [0.2, 0.25) is 5.76 Å². The predicted molar refractivity (Wildman–Crippen MR) is 53.0 cm³/mol. The molecule has 1 rings (SSSR count). The molecule has 0 saturated carbocycles. The Morgan fingerprint density at radius 1 is 1.53 bits per heavy atom. The molecule has 0 spiro atoms. The fourth-order valence-corrected chi connectivity index (χ4v) is 1.27. The summed E-state index contributed by atoms with van der Waals surface area (Å²) >= 11 is 0. The van der Waals surface area contributed by atoms with Gasteiger partial charge in [0.05, 0.1) is 12.3 Å². The van der Waals surface area contributed by atoms with Crippen LogP contribution in [0.25, 0.3) is 0 Å². The van der Waals surface area contributed by atoms with Gasteiger partial charge in [-0.25, -0.2) is 9.78 Å². The molecule has 5 heteroatoms. The maximum absolute atomic E-state index is 10.8. The Morgan fingerprint density at radius 3 is 2.80 bits per heavy atom. The minimum atomic E-state index is -1.06. The Morgan fingerprint density at radius 2 is 2.27 bits per heavy atom. The minimum Gasteiger partial charge on any atom is -0.475 e. The highest BCUT2D eigenvalue weighted by atomic mass is 16.5. The third-order valence-electron chi connectivity index (χ3n) is 1.94. The van der Waals surface area contributed by atoms with Crippen molar-refractivity contribution >= 4 is 5.97 Å². The van der Waals surface area contributed by atoms with Gasteiger partial charge in [0, 0.05) is 13.5 Å². The van der Waals surface area contributed by atoms with Gasteiger partial charge < -0.3 is 14.3 Å². The van der Waals surface area contributed by atoms with Crippen molar-refractivity contribution in [1.82, 2.24) is 4.98 Å². The second-order valence-electron chi connectivity index (χ2n) is 3.18. The quantitative estimate of drug-likeness (QED) is 0.775. The summed E-state index contributed by atoms with van der Waals surface area (Å²) in [5, 5.41) is 8.87. The van der Waals surface area contributed by atoms with Gasteiger partial charge in [0.15, 0.2) is 5.89 Å². The van der Waals surface area contributed by atoms with Crippen LogP contribution >= 0.6 is 0 Å². The third-order valence-corrected chi connectivity index (χ3v) is 1.94. The summed E-state index contributed by atoms with van der Waals surface area (Å²) in [6.45, 7) is 2.44. The van der Waals surface area contributed by atoms with Crippen LogP contribution in [0.2, 0.25) is 0 Å². The summed E-state index contributed by atoms with van der Waals surface area (Å²) in [5.74, 6) is -0.671. The van der Waals surface area contributed by atoms with E-state index in [-0.39, 0.29) is 5.76 Å². The van der Waals surface area contributed by atoms with E-state index >= 15 is 0 Å². The number of aromatic carboxylic acids is 1. The lowest BCUT2D eigenvalue weighted by atomic mass is 10.2. The molecular formula is C10H15NO4. The molecule has 1 aromatic rings. The molecule has 0 bridgehead atoms. The molecule has 1 N–H and O–H groups in total. The van der Waals surface area contributed by atoms with E-state index in [9.17, 15) is 4.79 Å². The number of methoxy groups -OCH3 is 1. The van der Waals surface area contributed by atoms with Gasteiger partial charge in [-0.15, -0.1) is 0 Å². The van der Waals surface area contributed by atoms with Gasteiger partial charge in [-0.05, 0) is 6.42 Å². The summed E-state index contributed by atoms with van der Waals surface area (Å²) < 4.78 is 10.0. The van der Waals surface area contributed by atoms with Crippen molar-refractivity contribution in [2.45, 2.75) is 26.2 Å². The van der Waals surface area contributed by atoms with Gasteiger partial charge in [-0.2, -0.15) is 0 Å². The number of carbonyl (C=O) groups is 1. The standard InChI is InChI=1S/C10H15NO4/c1-3-4-7-9(10(12)13)15-8(11-7)5-6-14-2/h3-6H2,1-2H3,(H,12,13). The highest BCUT2D eigenvalue weighted by molar-refractivity contribution is 5.85. The zero-order valence-electron chi connectivity index (χ0n) is 8.95. The molecule has 0 radical (unpaired) electrons. The van der Waals surface area contributed by atoms with E-state index in [1.807, 2.05) is 6.92 Å². The van der Waals surface area contributed by atoms with E-state index in [1.54, 1.807) is 7.11 Å². The van der Waals surface area contributed by atoms with Crippen LogP contribution in [0.1, 0.15) is 35.5 Å². The SMILES string of the molecule is CCCc1nc(CCOC)oc1C(=O)O. The zero-order valence-corrected chi connectivity index (χ0v) is 8.95. The van der Waals surface area contributed by atoms with Crippen molar-refractivity contribution in [3.8, 4) is 0 Å². The molecule has 0 amide bonds. The second kappa shape index (κ2) is 5.50. The van der Waals surface area contributed by atoms with Crippen LogP contribution in [0.5, 0.6) is 0 Å². The number of hydrogen-bond donors (Lipinski definition) is 1. The largest absolute Gasteiger partial charge is 0.475 e. The number of aromatic nitrogens is 1. The Kier molecular flexibility index (Phi) is 4.30. The molecule has 84 valence electrons. The summed E-state index contributed by atoms with van der Waals surface area (Å²) in [5.41, 5.74) is 0.524. The van der Waals surface area contributed by atoms with Gasteiger partial charge in [-0.3, -0.25) is 0 Å². The number of rotatable bonds is 6. The van der Waals surface area contributed by atoms with Crippen molar-refractivity contribution in [3.63, 3.8) is 0 Å². The topological polar surface area (TPSA) is 72.6 Å². The Hall–Kier alpha value is -1.36. The number of hydrogen-bond acceptors (Lipinski definition) is 4. The Balaban J connectivity index is 2.83. The molecule has 1 aromatic heterocycles. The zero-order chi connectivity index (χ0) is 11.3. The first-order valence-corrected chi connectivity index (χ1v) is 4.89. The number of carboxylic acids is 1. The molecule has 0 aliphatic heterocycles. The average molecular weight is 213 g/mol. The van der Waals surface area contributed by atoms with Crippen LogP contribution < -0.4 is 0 Å². The predicted octanol–water partition coefficient (Wildman–Crippen LogP) is 1.51. The Labute approximate surface area is 88.1 Å². The first-order valence-electron chi connectivity index (χ1n) is 4.89. The fourth-order valence-electron chi connectivity index (χ4n) is 1.27. The highest BCUT2D eigenvalue weighted by Crippen LogP contribution is 2.13. The second-order valence-corrected chi connectivity index (χ2v) is 3.18.